The van der Waals surface area contributed by atoms with Crippen molar-refractivity contribution in [2.75, 3.05) is 13.1 Å². The van der Waals surface area contributed by atoms with Crippen LogP contribution in [0.2, 0.25) is 0 Å². The molecule has 0 saturated carbocycles. The molecule has 1 saturated heterocycles. The van der Waals surface area contributed by atoms with Crippen LogP contribution in [0.15, 0.2) is 70.4 Å². The normalized spacial score (nSPS) is 15.0. The van der Waals surface area contributed by atoms with Crippen molar-refractivity contribution in [2.45, 2.75) is 29.4 Å². The van der Waals surface area contributed by atoms with Crippen LogP contribution in [0.4, 0.5) is 0 Å². The van der Waals surface area contributed by atoms with Crippen molar-refractivity contribution < 1.29 is 4.79 Å². The van der Waals surface area contributed by atoms with Gasteiger partial charge in [-0.2, -0.15) is 0 Å². The second-order valence-corrected chi connectivity index (χ2v) is 8.48. The fourth-order valence-electron chi connectivity index (χ4n) is 3.54. The van der Waals surface area contributed by atoms with Crippen molar-refractivity contribution in [3.8, 4) is 0 Å². The monoisotopic (exact) mass is 394 g/mol. The molecular weight excluding hydrogens is 372 g/mol. The fraction of sp³-hybridized carbons (Fsp3) is 0.273. The van der Waals surface area contributed by atoms with Crippen molar-refractivity contribution in [3.63, 3.8) is 0 Å². The Morgan fingerprint density at radius 2 is 1.81 bits per heavy atom. The maximum Gasteiger partial charge on any atom is 0.254 e. The molecule has 3 nitrogen and oxygen atoms in total. The quantitative estimate of drug-likeness (QED) is 0.539. The van der Waals surface area contributed by atoms with Gasteiger partial charge in [0, 0.05) is 29.1 Å². The van der Waals surface area contributed by atoms with Crippen LogP contribution >= 0.6 is 23.1 Å². The number of benzene rings is 2. The van der Waals surface area contributed by atoms with E-state index < -0.39 is 0 Å². The number of hydrogen-bond donors (Lipinski definition) is 0. The number of hydrogen-bond acceptors (Lipinski definition) is 4. The van der Waals surface area contributed by atoms with Gasteiger partial charge in [-0.3, -0.25) is 4.79 Å². The molecule has 0 unspecified atom stereocenters. The molecule has 4 rings (SSSR count). The number of aromatic nitrogens is 1. The largest absolute Gasteiger partial charge is 0.339 e. The predicted molar refractivity (Wildman–Crippen MR) is 112 cm³/mol. The first kappa shape index (κ1) is 18.3. The molecule has 1 aliphatic rings. The summed E-state index contributed by atoms with van der Waals surface area (Å²) in [7, 11) is 0. The number of nitrogens with zero attached hydrogens (tertiary/aromatic N) is 2. The Morgan fingerprint density at radius 1 is 1.07 bits per heavy atom. The summed E-state index contributed by atoms with van der Waals surface area (Å²) in [6.07, 6.45) is 2.06. The SMILES string of the molecule is O=C(c1ccccc1SCc1cscn1)N1CCC(c2ccccc2)CC1. The second-order valence-electron chi connectivity index (χ2n) is 6.74. The Balaban J connectivity index is 1.41. The molecule has 1 aliphatic heterocycles. The summed E-state index contributed by atoms with van der Waals surface area (Å²) < 4.78 is 0. The van der Waals surface area contributed by atoms with Crippen LogP contribution < -0.4 is 0 Å². The number of thiazole rings is 1. The third kappa shape index (κ3) is 4.42. The smallest absolute Gasteiger partial charge is 0.254 e. The van der Waals surface area contributed by atoms with Gasteiger partial charge < -0.3 is 4.90 Å². The van der Waals surface area contributed by atoms with Gasteiger partial charge in [-0.1, -0.05) is 42.5 Å². The standard InChI is InChI=1S/C22H22N2OS2/c25-22(24-12-10-18(11-13-24)17-6-2-1-3-7-17)20-8-4-5-9-21(20)27-15-19-14-26-16-23-19/h1-9,14,16,18H,10-13,15H2. The highest BCUT2D eigenvalue weighted by molar-refractivity contribution is 7.98. The molecule has 1 amide bonds. The van der Waals surface area contributed by atoms with Crippen LogP contribution in [-0.4, -0.2) is 28.9 Å². The van der Waals surface area contributed by atoms with E-state index in [-0.39, 0.29) is 5.91 Å². The van der Waals surface area contributed by atoms with Crippen molar-refractivity contribution in [3.05, 3.63) is 82.3 Å². The van der Waals surface area contributed by atoms with Crippen molar-refractivity contribution >= 4 is 29.0 Å². The first-order valence-electron chi connectivity index (χ1n) is 9.24. The summed E-state index contributed by atoms with van der Waals surface area (Å²) >= 11 is 3.30. The first-order chi connectivity index (χ1) is 13.3. The summed E-state index contributed by atoms with van der Waals surface area (Å²) in [6.45, 7) is 1.65. The van der Waals surface area contributed by atoms with E-state index in [4.69, 9.17) is 0 Å². The minimum atomic E-state index is 0.155. The van der Waals surface area contributed by atoms with Crippen LogP contribution in [0.25, 0.3) is 0 Å². The van der Waals surface area contributed by atoms with E-state index in [9.17, 15) is 4.79 Å². The minimum absolute atomic E-state index is 0.155. The first-order valence-corrected chi connectivity index (χ1v) is 11.2. The number of carbonyl (C=O) groups is 1. The van der Waals surface area contributed by atoms with Gasteiger partial charge in [-0.05, 0) is 36.5 Å². The van der Waals surface area contributed by atoms with E-state index in [0.29, 0.717) is 5.92 Å². The number of piperidine rings is 1. The summed E-state index contributed by atoms with van der Waals surface area (Å²) in [5.41, 5.74) is 5.12. The fourth-order valence-corrected chi connectivity index (χ4v) is 5.15. The van der Waals surface area contributed by atoms with Crippen LogP contribution in [0, 0.1) is 0 Å². The predicted octanol–water partition coefficient (Wildman–Crippen LogP) is 5.46. The summed E-state index contributed by atoms with van der Waals surface area (Å²) in [5.74, 6) is 1.51. The molecule has 0 spiro atoms. The molecule has 3 aromatic rings. The molecule has 0 aliphatic carbocycles. The highest BCUT2D eigenvalue weighted by atomic mass is 32.2. The summed E-state index contributed by atoms with van der Waals surface area (Å²) in [5, 5.41) is 2.06. The van der Waals surface area contributed by atoms with Crippen molar-refractivity contribution in [1.82, 2.24) is 9.88 Å². The lowest BCUT2D eigenvalue weighted by atomic mass is 9.89. The zero-order chi connectivity index (χ0) is 18.5. The van der Waals surface area contributed by atoms with Crippen LogP contribution in [-0.2, 0) is 5.75 Å². The lowest BCUT2D eigenvalue weighted by Crippen LogP contribution is -2.38. The lowest BCUT2D eigenvalue weighted by Gasteiger charge is -2.32. The molecule has 5 heteroatoms. The van der Waals surface area contributed by atoms with E-state index >= 15 is 0 Å². The lowest BCUT2D eigenvalue weighted by molar-refractivity contribution is 0.0709. The Bertz CT molecular complexity index is 872. The molecule has 1 fully saturated rings. The van der Waals surface area contributed by atoms with Gasteiger partial charge in [0.05, 0.1) is 16.8 Å². The van der Waals surface area contributed by atoms with Gasteiger partial charge in [0.2, 0.25) is 0 Å². The molecule has 2 aromatic carbocycles. The molecule has 0 N–H and O–H groups in total. The molecule has 0 atom stereocenters. The van der Waals surface area contributed by atoms with E-state index in [1.54, 1.807) is 23.1 Å². The van der Waals surface area contributed by atoms with Gasteiger partial charge in [0.15, 0.2) is 0 Å². The Hall–Kier alpha value is -2.11. The van der Waals surface area contributed by atoms with Gasteiger partial charge >= 0.3 is 0 Å². The Kier molecular flexibility index (Phi) is 5.90. The van der Waals surface area contributed by atoms with Crippen LogP contribution in [0.3, 0.4) is 0 Å². The topological polar surface area (TPSA) is 33.2 Å². The number of amides is 1. The minimum Gasteiger partial charge on any atom is -0.339 e. The highest BCUT2D eigenvalue weighted by Crippen LogP contribution is 2.31. The second kappa shape index (κ2) is 8.72. The highest BCUT2D eigenvalue weighted by Gasteiger charge is 2.25. The Labute approximate surface area is 168 Å². The summed E-state index contributed by atoms with van der Waals surface area (Å²) in [6, 6.07) is 18.6. The zero-order valence-corrected chi connectivity index (χ0v) is 16.7. The third-order valence-corrected chi connectivity index (χ3v) is 6.77. The van der Waals surface area contributed by atoms with Crippen LogP contribution in [0.1, 0.15) is 40.4 Å². The van der Waals surface area contributed by atoms with Gasteiger partial charge in [0.25, 0.3) is 5.91 Å². The molecule has 2 heterocycles. The molecule has 27 heavy (non-hydrogen) atoms. The average molecular weight is 395 g/mol. The number of thioether (sulfide) groups is 1. The van der Waals surface area contributed by atoms with Crippen molar-refractivity contribution in [1.29, 1.82) is 0 Å². The van der Waals surface area contributed by atoms with E-state index in [1.165, 1.54) is 5.56 Å². The molecule has 0 radical (unpaired) electrons. The van der Waals surface area contributed by atoms with Crippen LogP contribution in [0.5, 0.6) is 0 Å². The summed E-state index contributed by atoms with van der Waals surface area (Å²) in [4.78, 5) is 20.5. The maximum absolute atomic E-state index is 13.1. The number of likely N-dealkylation sites (tertiary alicyclic amines) is 1. The maximum atomic E-state index is 13.1. The number of carbonyl (C=O) groups excluding carboxylic acids is 1. The third-order valence-electron chi connectivity index (χ3n) is 5.03. The average Bonchev–Trinajstić information content (AvgIpc) is 3.26. The molecular formula is C22H22N2OS2. The molecule has 1 aromatic heterocycles. The van der Waals surface area contributed by atoms with E-state index in [1.807, 2.05) is 34.7 Å². The van der Waals surface area contributed by atoms with Gasteiger partial charge in [-0.25, -0.2) is 4.98 Å². The number of rotatable bonds is 5. The zero-order valence-electron chi connectivity index (χ0n) is 15.1. The Morgan fingerprint density at radius 3 is 2.56 bits per heavy atom. The van der Waals surface area contributed by atoms with Crippen molar-refractivity contribution in [2.24, 2.45) is 0 Å². The van der Waals surface area contributed by atoms with Gasteiger partial charge in [-0.15, -0.1) is 23.1 Å². The molecule has 138 valence electrons. The van der Waals surface area contributed by atoms with E-state index in [0.717, 1.165) is 47.8 Å². The molecule has 0 bridgehead atoms. The van der Waals surface area contributed by atoms with E-state index in [2.05, 4.69) is 40.7 Å². The van der Waals surface area contributed by atoms with Gasteiger partial charge in [0.1, 0.15) is 0 Å².